The van der Waals surface area contributed by atoms with Gasteiger partial charge in [-0.2, -0.15) is 0 Å². The predicted molar refractivity (Wildman–Crippen MR) is 52.1 cm³/mol. The van der Waals surface area contributed by atoms with Gasteiger partial charge in [-0.1, -0.05) is 0 Å². The molecule has 1 rings (SSSR count). The van der Waals surface area contributed by atoms with Crippen molar-refractivity contribution in [3.8, 4) is 0 Å². The quantitative estimate of drug-likeness (QED) is 0.614. The third kappa shape index (κ3) is 3.09. The SMILES string of the molecule is CN(C)CC1CNCC(CN)C1. The summed E-state index contributed by atoms with van der Waals surface area (Å²) in [6.45, 7) is 4.29. The molecule has 0 saturated carbocycles. The van der Waals surface area contributed by atoms with Crippen LogP contribution >= 0.6 is 0 Å². The van der Waals surface area contributed by atoms with Crippen molar-refractivity contribution in [1.29, 1.82) is 0 Å². The van der Waals surface area contributed by atoms with Crippen molar-refractivity contribution in [3.63, 3.8) is 0 Å². The molecule has 0 aromatic carbocycles. The van der Waals surface area contributed by atoms with E-state index in [4.69, 9.17) is 5.73 Å². The molecule has 0 bridgehead atoms. The van der Waals surface area contributed by atoms with Crippen molar-refractivity contribution in [1.82, 2.24) is 10.2 Å². The third-order valence-corrected chi connectivity index (χ3v) is 2.49. The summed E-state index contributed by atoms with van der Waals surface area (Å²) in [4.78, 5) is 2.26. The second-order valence-electron chi connectivity index (χ2n) is 4.12. The maximum absolute atomic E-state index is 5.64. The molecule has 3 N–H and O–H groups in total. The number of rotatable bonds is 3. The minimum atomic E-state index is 0.698. The van der Waals surface area contributed by atoms with Crippen LogP contribution in [0, 0.1) is 11.8 Å². The maximum Gasteiger partial charge on any atom is 0.00158 e. The Hall–Kier alpha value is -0.120. The van der Waals surface area contributed by atoms with Crippen molar-refractivity contribution >= 4 is 0 Å². The lowest BCUT2D eigenvalue weighted by atomic mass is 9.90. The summed E-state index contributed by atoms with van der Waals surface area (Å²) >= 11 is 0. The average Bonchev–Trinajstić information content (AvgIpc) is 2.03. The van der Waals surface area contributed by atoms with Crippen LogP contribution in [0.5, 0.6) is 0 Å². The van der Waals surface area contributed by atoms with Crippen LogP contribution in [0.2, 0.25) is 0 Å². The van der Waals surface area contributed by atoms with Crippen molar-refractivity contribution in [2.75, 3.05) is 40.3 Å². The molecule has 1 saturated heterocycles. The molecule has 0 amide bonds. The van der Waals surface area contributed by atoms with Crippen LogP contribution in [0.4, 0.5) is 0 Å². The molecule has 1 heterocycles. The fourth-order valence-corrected chi connectivity index (χ4v) is 1.96. The normalized spacial score (nSPS) is 31.0. The highest BCUT2D eigenvalue weighted by atomic mass is 15.1. The van der Waals surface area contributed by atoms with Gasteiger partial charge in [0.25, 0.3) is 0 Å². The van der Waals surface area contributed by atoms with Crippen LogP contribution in [0.3, 0.4) is 0 Å². The summed E-state index contributed by atoms with van der Waals surface area (Å²) in [5.41, 5.74) is 5.64. The largest absolute Gasteiger partial charge is 0.330 e. The first-order valence-corrected chi connectivity index (χ1v) is 4.78. The Labute approximate surface area is 75.3 Å². The zero-order valence-electron chi connectivity index (χ0n) is 8.21. The zero-order valence-corrected chi connectivity index (χ0v) is 8.21. The predicted octanol–water partition coefficient (Wildman–Crippen LogP) is -0.268. The minimum Gasteiger partial charge on any atom is -0.330 e. The van der Waals surface area contributed by atoms with E-state index in [2.05, 4.69) is 24.3 Å². The summed E-state index contributed by atoms with van der Waals surface area (Å²) < 4.78 is 0. The Bertz CT molecular complexity index is 125. The van der Waals surface area contributed by atoms with E-state index in [1.165, 1.54) is 13.0 Å². The summed E-state index contributed by atoms with van der Waals surface area (Å²) in [7, 11) is 4.26. The Morgan fingerprint density at radius 2 is 2.00 bits per heavy atom. The van der Waals surface area contributed by atoms with Gasteiger partial charge in [-0.3, -0.25) is 0 Å². The summed E-state index contributed by atoms with van der Waals surface area (Å²) in [5, 5.41) is 3.43. The molecule has 1 fully saturated rings. The molecule has 0 aromatic heterocycles. The summed E-state index contributed by atoms with van der Waals surface area (Å²) in [6.07, 6.45) is 1.29. The highest BCUT2D eigenvalue weighted by molar-refractivity contribution is 4.77. The molecular weight excluding hydrogens is 150 g/mol. The topological polar surface area (TPSA) is 41.3 Å². The standard InChI is InChI=1S/C9H21N3/c1-12(2)7-9-3-8(4-10)5-11-6-9/h8-9,11H,3-7,10H2,1-2H3. The van der Waals surface area contributed by atoms with Crippen LogP contribution in [-0.2, 0) is 0 Å². The Kier molecular flexibility index (Phi) is 3.98. The minimum absolute atomic E-state index is 0.698. The van der Waals surface area contributed by atoms with Gasteiger partial charge in [0.15, 0.2) is 0 Å². The van der Waals surface area contributed by atoms with Crippen LogP contribution < -0.4 is 11.1 Å². The molecule has 0 spiro atoms. The first kappa shape index (κ1) is 9.96. The van der Waals surface area contributed by atoms with Gasteiger partial charge in [-0.15, -0.1) is 0 Å². The molecule has 3 nitrogen and oxygen atoms in total. The number of nitrogens with zero attached hydrogens (tertiary/aromatic N) is 1. The van der Waals surface area contributed by atoms with Crippen molar-refractivity contribution in [2.45, 2.75) is 6.42 Å². The van der Waals surface area contributed by atoms with E-state index in [0.29, 0.717) is 5.92 Å². The average molecular weight is 171 g/mol. The number of hydrogen-bond acceptors (Lipinski definition) is 3. The molecule has 12 heavy (non-hydrogen) atoms. The Morgan fingerprint density at radius 3 is 2.58 bits per heavy atom. The van der Waals surface area contributed by atoms with Crippen LogP contribution in [0.15, 0.2) is 0 Å². The first-order chi connectivity index (χ1) is 5.72. The Balaban J connectivity index is 2.25. The smallest absolute Gasteiger partial charge is 0.00158 e. The number of piperidine rings is 1. The highest BCUT2D eigenvalue weighted by Crippen LogP contribution is 2.15. The van der Waals surface area contributed by atoms with Crippen molar-refractivity contribution in [3.05, 3.63) is 0 Å². The molecule has 1 aliphatic rings. The molecule has 72 valence electrons. The van der Waals surface area contributed by atoms with Gasteiger partial charge >= 0.3 is 0 Å². The van der Waals surface area contributed by atoms with Crippen molar-refractivity contribution in [2.24, 2.45) is 17.6 Å². The van der Waals surface area contributed by atoms with Crippen molar-refractivity contribution < 1.29 is 0 Å². The molecule has 2 unspecified atom stereocenters. The summed E-state index contributed by atoms with van der Waals surface area (Å²) in [6, 6.07) is 0. The summed E-state index contributed by atoms with van der Waals surface area (Å²) in [5.74, 6) is 1.49. The van der Waals surface area contributed by atoms with Gasteiger partial charge in [0.1, 0.15) is 0 Å². The zero-order chi connectivity index (χ0) is 8.97. The van der Waals surface area contributed by atoms with Crippen LogP contribution in [0.25, 0.3) is 0 Å². The van der Waals surface area contributed by atoms with Crippen LogP contribution in [0.1, 0.15) is 6.42 Å². The molecule has 3 heteroatoms. The number of nitrogens with one attached hydrogen (secondary N) is 1. The third-order valence-electron chi connectivity index (χ3n) is 2.49. The van der Waals surface area contributed by atoms with E-state index in [0.717, 1.165) is 25.6 Å². The van der Waals surface area contributed by atoms with E-state index < -0.39 is 0 Å². The first-order valence-electron chi connectivity index (χ1n) is 4.78. The molecule has 1 aliphatic heterocycles. The molecule has 0 radical (unpaired) electrons. The van der Waals surface area contributed by atoms with Gasteiger partial charge in [-0.05, 0) is 52.0 Å². The fourth-order valence-electron chi connectivity index (χ4n) is 1.96. The van der Waals surface area contributed by atoms with Gasteiger partial charge < -0.3 is 16.0 Å². The van der Waals surface area contributed by atoms with Gasteiger partial charge in [0.05, 0.1) is 0 Å². The number of nitrogens with two attached hydrogens (primary N) is 1. The molecule has 2 atom stereocenters. The van der Waals surface area contributed by atoms with E-state index in [1.807, 2.05) is 0 Å². The van der Waals surface area contributed by atoms with E-state index in [9.17, 15) is 0 Å². The van der Waals surface area contributed by atoms with E-state index in [-0.39, 0.29) is 0 Å². The fraction of sp³-hybridized carbons (Fsp3) is 1.00. The van der Waals surface area contributed by atoms with Crippen LogP contribution in [-0.4, -0.2) is 45.2 Å². The Morgan fingerprint density at radius 1 is 1.33 bits per heavy atom. The maximum atomic E-state index is 5.64. The highest BCUT2D eigenvalue weighted by Gasteiger charge is 2.20. The second-order valence-corrected chi connectivity index (χ2v) is 4.12. The molecular formula is C9H21N3. The van der Waals surface area contributed by atoms with E-state index >= 15 is 0 Å². The van der Waals surface area contributed by atoms with Gasteiger partial charge in [0, 0.05) is 6.54 Å². The lowest BCUT2D eigenvalue weighted by Crippen LogP contribution is -2.42. The molecule has 0 aliphatic carbocycles. The number of hydrogen-bond donors (Lipinski definition) is 2. The van der Waals surface area contributed by atoms with Gasteiger partial charge in [0.2, 0.25) is 0 Å². The lowest BCUT2D eigenvalue weighted by Gasteiger charge is -2.30. The lowest BCUT2D eigenvalue weighted by molar-refractivity contribution is 0.233. The second kappa shape index (κ2) is 4.80. The molecule has 0 aromatic rings. The van der Waals surface area contributed by atoms with Gasteiger partial charge in [-0.25, -0.2) is 0 Å². The van der Waals surface area contributed by atoms with E-state index in [1.54, 1.807) is 0 Å². The monoisotopic (exact) mass is 171 g/mol.